The molecule has 1 amide bonds. The van der Waals surface area contributed by atoms with Crippen LogP contribution in [0.2, 0.25) is 0 Å². The normalized spacial score (nSPS) is 11.4. The van der Waals surface area contributed by atoms with Gasteiger partial charge in [-0.1, -0.05) is 17.4 Å². The summed E-state index contributed by atoms with van der Waals surface area (Å²) in [4.78, 5) is 23.5. The van der Waals surface area contributed by atoms with E-state index in [-0.39, 0.29) is 22.1 Å². The second kappa shape index (κ2) is 6.45. The van der Waals surface area contributed by atoms with E-state index >= 15 is 0 Å². The van der Waals surface area contributed by atoms with Gasteiger partial charge in [0.1, 0.15) is 0 Å². The van der Waals surface area contributed by atoms with E-state index in [0.29, 0.717) is 12.2 Å². The van der Waals surface area contributed by atoms with Gasteiger partial charge in [0.25, 0.3) is 0 Å². The van der Waals surface area contributed by atoms with Crippen molar-refractivity contribution in [1.29, 1.82) is 0 Å². The maximum atomic E-state index is 11.9. The molecule has 0 spiro atoms. The summed E-state index contributed by atoms with van der Waals surface area (Å²) in [6, 6.07) is 6.07. The number of thiazole rings is 1. The Kier molecular flexibility index (Phi) is 4.82. The molecule has 0 saturated heterocycles. The molecule has 1 aromatic heterocycles. The van der Waals surface area contributed by atoms with Gasteiger partial charge in [0, 0.05) is 36.0 Å². The van der Waals surface area contributed by atoms with Crippen LogP contribution < -0.4 is 10.2 Å². The monoisotopic (exact) mass is 340 g/mol. The smallest absolute Gasteiger partial charge is 0.307 e. The predicted octanol–water partition coefficient (Wildman–Crippen LogP) is 1.65. The quantitative estimate of drug-likeness (QED) is 0.897. The largest absolute Gasteiger partial charge is 0.326 e. The number of anilines is 1. The van der Waals surface area contributed by atoms with E-state index in [9.17, 15) is 18.0 Å². The van der Waals surface area contributed by atoms with Gasteiger partial charge in [-0.2, -0.15) is 0 Å². The third-order valence-electron chi connectivity index (χ3n) is 3.08. The van der Waals surface area contributed by atoms with Crippen molar-refractivity contribution in [3.63, 3.8) is 0 Å². The average molecular weight is 340 g/mol. The summed E-state index contributed by atoms with van der Waals surface area (Å²) in [6.45, 7) is 2.11. The van der Waals surface area contributed by atoms with Gasteiger partial charge in [-0.25, -0.2) is 8.42 Å². The number of aryl methyl sites for hydroxylation is 1. The highest BCUT2D eigenvalue weighted by Crippen LogP contribution is 2.15. The standard InChI is InChI=1S/C14H16N2O4S2/c1-10-9-21-14(18)16(10)7-6-13(17)15-11-4-3-5-12(8-11)22(2,19)20/h3-5,8-9H,6-7H2,1-2H3,(H,15,17). The van der Waals surface area contributed by atoms with Crippen LogP contribution in [0.5, 0.6) is 0 Å². The Bertz CT molecular complexity index is 850. The lowest BCUT2D eigenvalue weighted by Crippen LogP contribution is -2.20. The first kappa shape index (κ1) is 16.4. The highest BCUT2D eigenvalue weighted by Gasteiger charge is 2.10. The number of hydrogen-bond acceptors (Lipinski definition) is 5. The van der Waals surface area contributed by atoms with Gasteiger partial charge in [-0.3, -0.25) is 9.59 Å². The SMILES string of the molecule is Cc1csc(=O)n1CCC(=O)Nc1cccc(S(C)(=O)=O)c1. The molecule has 6 nitrogen and oxygen atoms in total. The number of carbonyl (C=O) groups excluding carboxylic acids is 1. The van der Waals surface area contributed by atoms with E-state index in [0.717, 1.165) is 23.3 Å². The molecule has 118 valence electrons. The van der Waals surface area contributed by atoms with Crippen LogP contribution in [0.15, 0.2) is 39.3 Å². The first-order valence-corrected chi connectivity index (χ1v) is 9.29. The summed E-state index contributed by atoms with van der Waals surface area (Å²) in [5, 5.41) is 4.39. The van der Waals surface area contributed by atoms with Crippen LogP contribution in [0.25, 0.3) is 0 Å². The van der Waals surface area contributed by atoms with E-state index in [4.69, 9.17) is 0 Å². The third kappa shape index (κ3) is 4.05. The number of rotatable bonds is 5. The summed E-state index contributed by atoms with van der Waals surface area (Å²) in [7, 11) is -3.32. The highest BCUT2D eigenvalue weighted by atomic mass is 32.2. The van der Waals surface area contributed by atoms with E-state index in [2.05, 4.69) is 5.32 Å². The van der Waals surface area contributed by atoms with Crippen LogP contribution in [-0.4, -0.2) is 25.1 Å². The van der Waals surface area contributed by atoms with Crippen molar-refractivity contribution in [3.05, 3.63) is 45.0 Å². The fourth-order valence-corrected chi connectivity index (χ4v) is 3.34. The number of nitrogens with zero attached hydrogens (tertiary/aromatic N) is 1. The van der Waals surface area contributed by atoms with Crippen LogP contribution in [0, 0.1) is 6.92 Å². The fourth-order valence-electron chi connectivity index (χ4n) is 1.92. The van der Waals surface area contributed by atoms with E-state index in [1.807, 2.05) is 6.92 Å². The molecule has 0 aliphatic rings. The van der Waals surface area contributed by atoms with Crippen molar-refractivity contribution in [2.75, 3.05) is 11.6 Å². The van der Waals surface area contributed by atoms with Gasteiger partial charge >= 0.3 is 4.87 Å². The molecule has 0 aliphatic carbocycles. The zero-order valence-corrected chi connectivity index (χ0v) is 13.8. The molecule has 22 heavy (non-hydrogen) atoms. The fraction of sp³-hybridized carbons (Fsp3) is 0.286. The number of sulfone groups is 1. The van der Waals surface area contributed by atoms with Gasteiger partial charge < -0.3 is 9.88 Å². The molecule has 1 N–H and O–H groups in total. The lowest BCUT2D eigenvalue weighted by molar-refractivity contribution is -0.116. The maximum Gasteiger partial charge on any atom is 0.307 e. The summed E-state index contributed by atoms with van der Waals surface area (Å²) in [5.41, 5.74) is 1.24. The van der Waals surface area contributed by atoms with Crippen LogP contribution in [0.1, 0.15) is 12.1 Å². The molecular weight excluding hydrogens is 324 g/mol. The Hall–Kier alpha value is -1.93. The van der Waals surface area contributed by atoms with Crippen molar-refractivity contribution < 1.29 is 13.2 Å². The van der Waals surface area contributed by atoms with Gasteiger partial charge in [-0.15, -0.1) is 0 Å². The molecule has 0 radical (unpaired) electrons. The molecule has 0 saturated carbocycles. The second-order valence-electron chi connectivity index (χ2n) is 4.89. The number of nitrogens with one attached hydrogen (secondary N) is 1. The Balaban J connectivity index is 2.02. The lowest BCUT2D eigenvalue weighted by atomic mass is 10.3. The number of benzene rings is 1. The summed E-state index contributed by atoms with van der Waals surface area (Å²) in [5.74, 6) is -0.275. The predicted molar refractivity (Wildman–Crippen MR) is 86.1 cm³/mol. The number of hydrogen-bond donors (Lipinski definition) is 1. The number of carbonyl (C=O) groups is 1. The van der Waals surface area contributed by atoms with Gasteiger partial charge in [-0.05, 0) is 25.1 Å². The molecule has 0 aliphatic heterocycles. The Labute approximate surface area is 132 Å². The molecule has 2 rings (SSSR count). The van der Waals surface area contributed by atoms with Crippen molar-refractivity contribution in [1.82, 2.24) is 4.57 Å². The van der Waals surface area contributed by atoms with E-state index in [1.165, 1.54) is 16.7 Å². The van der Waals surface area contributed by atoms with Gasteiger partial charge in [0.05, 0.1) is 4.90 Å². The topological polar surface area (TPSA) is 85.2 Å². The minimum absolute atomic E-state index is 0.0932. The summed E-state index contributed by atoms with van der Waals surface area (Å²) >= 11 is 1.10. The van der Waals surface area contributed by atoms with Crippen LogP contribution in [0.3, 0.4) is 0 Å². The van der Waals surface area contributed by atoms with Crippen molar-refractivity contribution in [2.24, 2.45) is 0 Å². The molecular formula is C14H16N2O4S2. The van der Waals surface area contributed by atoms with Crippen molar-refractivity contribution in [2.45, 2.75) is 24.8 Å². The highest BCUT2D eigenvalue weighted by molar-refractivity contribution is 7.90. The minimum atomic E-state index is -3.32. The summed E-state index contributed by atoms with van der Waals surface area (Å²) < 4.78 is 24.5. The van der Waals surface area contributed by atoms with Crippen molar-refractivity contribution in [3.8, 4) is 0 Å². The van der Waals surface area contributed by atoms with Gasteiger partial charge in [0.15, 0.2) is 9.84 Å². The number of amides is 1. The van der Waals surface area contributed by atoms with E-state index < -0.39 is 9.84 Å². The molecule has 8 heteroatoms. The Morgan fingerprint density at radius 1 is 1.36 bits per heavy atom. The molecule has 2 aromatic rings. The first-order valence-electron chi connectivity index (χ1n) is 6.52. The molecule has 0 atom stereocenters. The van der Waals surface area contributed by atoms with Crippen LogP contribution in [-0.2, 0) is 21.2 Å². The van der Waals surface area contributed by atoms with Crippen LogP contribution >= 0.6 is 11.3 Å². The molecule has 0 bridgehead atoms. The molecule has 0 unspecified atom stereocenters. The number of aromatic nitrogens is 1. The lowest BCUT2D eigenvalue weighted by Gasteiger charge is -2.08. The molecule has 0 fully saturated rings. The zero-order valence-electron chi connectivity index (χ0n) is 12.2. The van der Waals surface area contributed by atoms with Gasteiger partial charge in [0.2, 0.25) is 5.91 Å². The molecule has 1 aromatic carbocycles. The van der Waals surface area contributed by atoms with Crippen LogP contribution in [0.4, 0.5) is 5.69 Å². The van der Waals surface area contributed by atoms with E-state index in [1.54, 1.807) is 17.5 Å². The third-order valence-corrected chi connectivity index (χ3v) is 5.08. The Morgan fingerprint density at radius 2 is 2.09 bits per heavy atom. The first-order chi connectivity index (χ1) is 10.3. The van der Waals surface area contributed by atoms with Crippen molar-refractivity contribution >= 4 is 32.8 Å². The minimum Gasteiger partial charge on any atom is -0.326 e. The Morgan fingerprint density at radius 3 is 2.68 bits per heavy atom. The average Bonchev–Trinajstić information content (AvgIpc) is 2.75. The zero-order chi connectivity index (χ0) is 16.3. The maximum absolute atomic E-state index is 11.9. The second-order valence-corrected chi connectivity index (χ2v) is 7.73. The molecule has 1 heterocycles. The summed E-state index contributed by atoms with van der Waals surface area (Å²) in [6.07, 6.45) is 1.25.